The minimum Gasteiger partial charge on any atom is -0.311 e. The van der Waals surface area contributed by atoms with Crippen LogP contribution in [0.25, 0.3) is 11.4 Å². The van der Waals surface area contributed by atoms with E-state index in [1.165, 1.54) is 22.9 Å². The molecule has 6 nitrogen and oxygen atoms in total. The largest absolute Gasteiger partial charge is 0.311 e. The van der Waals surface area contributed by atoms with Gasteiger partial charge in [-0.1, -0.05) is 37.7 Å². The number of hydrogen-bond acceptors (Lipinski definition) is 5. The number of aryl methyl sites for hydroxylation is 1. The molecule has 3 heterocycles. The molecule has 0 atom stereocenters. The van der Waals surface area contributed by atoms with Crippen LogP contribution in [-0.4, -0.2) is 38.0 Å². The van der Waals surface area contributed by atoms with Crippen molar-refractivity contribution in [3.05, 3.63) is 53.9 Å². The van der Waals surface area contributed by atoms with Crippen molar-refractivity contribution in [2.75, 3.05) is 17.2 Å². The molecule has 1 amide bonds. The van der Waals surface area contributed by atoms with Crippen LogP contribution in [0.3, 0.4) is 0 Å². The lowest BCUT2D eigenvalue weighted by molar-refractivity contribution is -0.116. The van der Waals surface area contributed by atoms with Gasteiger partial charge in [0.2, 0.25) is 5.91 Å². The molecule has 4 rings (SSSR count). The normalized spacial score (nSPS) is 13.0. The Labute approximate surface area is 175 Å². The van der Waals surface area contributed by atoms with Crippen molar-refractivity contribution in [3.8, 4) is 11.4 Å². The lowest BCUT2D eigenvalue weighted by Gasteiger charge is -2.17. The summed E-state index contributed by atoms with van der Waals surface area (Å²) in [5.74, 6) is 1.27. The van der Waals surface area contributed by atoms with Crippen molar-refractivity contribution in [1.82, 2.24) is 19.7 Å². The third-order valence-electron chi connectivity index (χ3n) is 5.16. The van der Waals surface area contributed by atoms with Gasteiger partial charge in [-0.2, -0.15) is 0 Å². The SMILES string of the molecule is CCCn1c(SCC(=O)N2CCc3cc(CC)ccc32)nnc1-c1cccnc1. The second-order valence-electron chi connectivity index (χ2n) is 7.10. The maximum Gasteiger partial charge on any atom is 0.237 e. The van der Waals surface area contributed by atoms with E-state index in [9.17, 15) is 4.79 Å². The molecular weight excluding hydrogens is 382 g/mol. The summed E-state index contributed by atoms with van der Waals surface area (Å²) in [6.07, 6.45) is 6.45. The first kappa shape index (κ1) is 19.6. The standard InChI is InChI=1S/C22H25N5OS/c1-3-11-27-21(18-6-5-10-23-14-18)24-25-22(27)29-15-20(28)26-12-9-17-13-16(4-2)7-8-19(17)26/h5-8,10,13-14H,3-4,9,11-12,15H2,1-2H3. The van der Waals surface area contributed by atoms with Crippen molar-refractivity contribution in [2.24, 2.45) is 0 Å². The Morgan fingerprint density at radius 1 is 1.21 bits per heavy atom. The van der Waals surface area contributed by atoms with Crippen molar-refractivity contribution in [1.29, 1.82) is 0 Å². The van der Waals surface area contributed by atoms with Crippen LogP contribution in [0.1, 0.15) is 31.4 Å². The summed E-state index contributed by atoms with van der Waals surface area (Å²) < 4.78 is 2.08. The second-order valence-corrected chi connectivity index (χ2v) is 8.04. The zero-order chi connectivity index (χ0) is 20.2. The van der Waals surface area contributed by atoms with Crippen molar-refractivity contribution < 1.29 is 4.79 Å². The maximum absolute atomic E-state index is 12.9. The molecule has 3 aromatic rings. The molecule has 29 heavy (non-hydrogen) atoms. The van der Waals surface area contributed by atoms with Gasteiger partial charge in [-0.25, -0.2) is 0 Å². The molecule has 0 unspecified atom stereocenters. The van der Waals surface area contributed by atoms with Gasteiger partial charge in [-0.05, 0) is 48.6 Å². The van der Waals surface area contributed by atoms with E-state index in [1.54, 1.807) is 12.4 Å². The van der Waals surface area contributed by atoms with Crippen LogP contribution in [0.5, 0.6) is 0 Å². The van der Waals surface area contributed by atoms with Crippen LogP contribution in [-0.2, 0) is 24.2 Å². The number of aromatic nitrogens is 4. The molecule has 150 valence electrons. The average Bonchev–Trinajstić information content (AvgIpc) is 3.36. The predicted octanol–water partition coefficient (Wildman–Crippen LogP) is 3.99. The zero-order valence-corrected chi connectivity index (χ0v) is 17.7. The maximum atomic E-state index is 12.9. The fourth-order valence-corrected chi connectivity index (χ4v) is 4.51. The Hall–Kier alpha value is -2.67. The topological polar surface area (TPSA) is 63.9 Å². The fraction of sp³-hybridized carbons (Fsp3) is 0.364. The van der Waals surface area contributed by atoms with Crippen molar-refractivity contribution in [2.45, 2.75) is 44.8 Å². The predicted molar refractivity (Wildman–Crippen MR) is 116 cm³/mol. The van der Waals surface area contributed by atoms with Gasteiger partial charge in [0, 0.05) is 36.7 Å². The van der Waals surface area contributed by atoms with E-state index in [0.29, 0.717) is 5.75 Å². The molecule has 0 aliphatic carbocycles. The third-order valence-corrected chi connectivity index (χ3v) is 6.11. The van der Waals surface area contributed by atoms with E-state index >= 15 is 0 Å². The molecule has 0 saturated heterocycles. The molecule has 1 aliphatic rings. The van der Waals surface area contributed by atoms with Crippen LogP contribution in [0, 0.1) is 0 Å². The monoisotopic (exact) mass is 407 g/mol. The lowest BCUT2D eigenvalue weighted by Crippen LogP contribution is -2.30. The zero-order valence-electron chi connectivity index (χ0n) is 16.8. The van der Waals surface area contributed by atoms with Gasteiger partial charge in [-0.3, -0.25) is 9.78 Å². The second kappa shape index (κ2) is 8.78. The summed E-state index contributed by atoms with van der Waals surface area (Å²) in [5, 5.41) is 9.49. The highest BCUT2D eigenvalue weighted by Gasteiger charge is 2.25. The number of benzene rings is 1. The fourth-order valence-electron chi connectivity index (χ4n) is 3.67. The Bertz CT molecular complexity index is 1000. The summed E-state index contributed by atoms with van der Waals surface area (Å²) in [5.41, 5.74) is 4.59. The van der Waals surface area contributed by atoms with Gasteiger partial charge in [0.15, 0.2) is 11.0 Å². The molecule has 0 spiro atoms. The summed E-state index contributed by atoms with van der Waals surface area (Å²) >= 11 is 1.46. The lowest BCUT2D eigenvalue weighted by atomic mass is 10.1. The van der Waals surface area contributed by atoms with E-state index in [2.05, 4.69) is 51.8 Å². The molecular formula is C22H25N5OS. The number of anilines is 1. The number of carbonyl (C=O) groups excluding carboxylic acids is 1. The van der Waals surface area contributed by atoms with Crippen LogP contribution in [0.2, 0.25) is 0 Å². The highest BCUT2D eigenvalue weighted by atomic mass is 32.2. The summed E-state index contributed by atoms with van der Waals surface area (Å²) in [7, 11) is 0. The van der Waals surface area contributed by atoms with Gasteiger partial charge < -0.3 is 9.47 Å². The van der Waals surface area contributed by atoms with Crippen LogP contribution in [0.4, 0.5) is 5.69 Å². The van der Waals surface area contributed by atoms with Crippen molar-refractivity contribution in [3.63, 3.8) is 0 Å². The number of carbonyl (C=O) groups is 1. The van der Waals surface area contributed by atoms with Gasteiger partial charge in [0.1, 0.15) is 0 Å². The minimum atomic E-state index is 0.118. The van der Waals surface area contributed by atoms with Crippen molar-refractivity contribution >= 4 is 23.4 Å². The number of nitrogens with zero attached hydrogens (tertiary/aromatic N) is 5. The molecule has 0 saturated carbocycles. The van der Waals surface area contributed by atoms with E-state index in [0.717, 1.165) is 54.6 Å². The highest BCUT2D eigenvalue weighted by Crippen LogP contribution is 2.31. The number of hydrogen-bond donors (Lipinski definition) is 0. The molecule has 1 aromatic carbocycles. The van der Waals surface area contributed by atoms with Crippen LogP contribution < -0.4 is 4.90 Å². The molecule has 1 aliphatic heterocycles. The first-order valence-corrected chi connectivity index (χ1v) is 11.1. The Balaban J connectivity index is 1.49. The molecule has 0 radical (unpaired) electrons. The number of fused-ring (bicyclic) bond motifs is 1. The number of amides is 1. The van der Waals surface area contributed by atoms with Crippen LogP contribution in [0.15, 0.2) is 47.9 Å². The Morgan fingerprint density at radius 3 is 2.86 bits per heavy atom. The van der Waals surface area contributed by atoms with E-state index in [1.807, 2.05) is 17.0 Å². The van der Waals surface area contributed by atoms with Gasteiger partial charge in [0.05, 0.1) is 5.75 Å². The average molecular weight is 408 g/mol. The molecule has 0 bridgehead atoms. The van der Waals surface area contributed by atoms with E-state index in [-0.39, 0.29) is 5.91 Å². The Morgan fingerprint density at radius 2 is 2.10 bits per heavy atom. The minimum absolute atomic E-state index is 0.118. The number of rotatable bonds is 7. The summed E-state index contributed by atoms with van der Waals surface area (Å²) in [6.45, 7) is 5.84. The highest BCUT2D eigenvalue weighted by molar-refractivity contribution is 7.99. The van der Waals surface area contributed by atoms with E-state index in [4.69, 9.17) is 0 Å². The smallest absolute Gasteiger partial charge is 0.237 e. The van der Waals surface area contributed by atoms with Crippen LogP contribution >= 0.6 is 11.8 Å². The molecule has 0 fully saturated rings. The first-order chi connectivity index (χ1) is 14.2. The van der Waals surface area contributed by atoms with E-state index < -0.39 is 0 Å². The number of pyridine rings is 1. The Kier molecular flexibility index (Phi) is 5.94. The number of thioether (sulfide) groups is 1. The quantitative estimate of drug-likeness (QED) is 0.554. The van der Waals surface area contributed by atoms with Gasteiger partial charge >= 0.3 is 0 Å². The first-order valence-electron chi connectivity index (χ1n) is 10.1. The summed E-state index contributed by atoms with van der Waals surface area (Å²) in [6, 6.07) is 10.3. The molecule has 0 N–H and O–H groups in total. The molecule has 2 aromatic heterocycles. The van der Waals surface area contributed by atoms with Gasteiger partial charge in [0.25, 0.3) is 0 Å². The third kappa shape index (κ3) is 4.05. The van der Waals surface area contributed by atoms with Gasteiger partial charge in [-0.15, -0.1) is 10.2 Å². The molecule has 7 heteroatoms. The summed E-state index contributed by atoms with van der Waals surface area (Å²) in [4.78, 5) is 19.0.